The quantitative estimate of drug-likeness (QED) is 0.583. The van der Waals surface area contributed by atoms with Gasteiger partial charge in [0.25, 0.3) is 10.2 Å². The topological polar surface area (TPSA) is 73.4 Å². The highest BCUT2D eigenvalue weighted by atomic mass is 32.2. The van der Waals surface area contributed by atoms with Crippen molar-refractivity contribution in [2.24, 2.45) is 11.8 Å². The van der Waals surface area contributed by atoms with E-state index in [1.54, 1.807) is 4.31 Å². The van der Waals surface area contributed by atoms with Gasteiger partial charge in [-0.15, -0.1) is 0 Å². The molecule has 2 fully saturated rings. The van der Waals surface area contributed by atoms with E-state index in [2.05, 4.69) is 32.6 Å². The van der Waals surface area contributed by atoms with Gasteiger partial charge in [0.2, 0.25) is 5.91 Å². The Balaban J connectivity index is 1.86. The highest BCUT2D eigenvalue weighted by molar-refractivity contribution is 7.86. The molecule has 0 aliphatic carbocycles. The molecule has 0 atom stereocenters. The summed E-state index contributed by atoms with van der Waals surface area (Å²) in [6.07, 6.45) is 0. The third kappa shape index (κ3) is 6.67. The normalized spacial score (nSPS) is 21.1. The smallest absolute Gasteiger partial charge is 0.282 e. The maximum atomic E-state index is 12.7. The second-order valence-corrected chi connectivity index (χ2v) is 10.2. The van der Waals surface area contributed by atoms with E-state index < -0.39 is 10.2 Å². The number of nitrogens with zero attached hydrogens (tertiary/aromatic N) is 4. The molecule has 158 valence electrons. The Bertz CT molecular complexity index is 558. The first kappa shape index (κ1) is 22.5. The molecule has 2 aliphatic rings. The monoisotopic (exact) mass is 404 g/mol. The van der Waals surface area contributed by atoms with Crippen molar-refractivity contribution >= 4 is 16.1 Å². The van der Waals surface area contributed by atoms with Gasteiger partial charge < -0.3 is 9.64 Å². The Morgan fingerprint density at radius 3 is 1.85 bits per heavy atom. The average molecular weight is 405 g/mol. The molecule has 0 spiro atoms. The van der Waals surface area contributed by atoms with E-state index in [1.807, 2.05) is 4.90 Å². The standard InChI is InChI=1S/C18H36N4O4S/c1-16(2)13-20(14-17(3)4)18(23)15-19-5-7-21(8-6-19)27(24,25)22-9-11-26-12-10-22/h16-17H,5-15H2,1-4H3. The minimum atomic E-state index is -3.42. The molecule has 9 heteroatoms. The average Bonchev–Trinajstić information content (AvgIpc) is 2.61. The van der Waals surface area contributed by atoms with Crippen molar-refractivity contribution in [1.29, 1.82) is 0 Å². The molecule has 0 unspecified atom stereocenters. The van der Waals surface area contributed by atoms with Crippen molar-refractivity contribution in [3.8, 4) is 0 Å². The van der Waals surface area contributed by atoms with E-state index in [0.717, 1.165) is 13.1 Å². The summed E-state index contributed by atoms with van der Waals surface area (Å²) in [6, 6.07) is 0. The number of morpholine rings is 1. The molecule has 8 nitrogen and oxygen atoms in total. The van der Waals surface area contributed by atoms with Crippen LogP contribution < -0.4 is 0 Å². The first-order valence-corrected chi connectivity index (χ1v) is 11.4. The molecule has 27 heavy (non-hydrogen) atoms. The van der Waals surface area contributed by atoms with Crippen molar-refractivity contribution in [2.75, 3.05) is 72.1 Å². The lowest BCUT2D eigenvalue weighted by atomic mass is 10.1. The lowest BCUT2D eigenvalue weighted by molar-refractivity contribution is -0.133. The number of piperazine rings is 1. The van der Waals surface area contributed by atoms with Crippen LogP contribution in [0.25, 0.3) is 0 Å². The molecule has 0 aromatic rings. The van der Waals surface area contributed by atoms with Crippen LogP contribution in [0.2, 0.25) is 0 Å². The van der Waals surface area contributed by atoms with Crippen LogP contribution in [0.15, 0.2) is 0 Å². The number of carbonyl (C=O) groups excluding carboxylic acids is 1. The van der Waals surface area contributed by atoms with Crippen LogP contribution in [0.3, 0.4) is 0 Å². The molecule has 2 saturated heterocycles. The Morgan fingerprint density at radius 2 is 1.37 bits per heavy atom. The fourth-order valence-corrected chi connectivity index (χ4v) is 5.07. The zero-order valence-electron chi connectivity index (χ0n) is 17.3. The molecular formula is C18H36N4O4S. The van der Waals surface area contributed by atoms with Crippen molar-refractivity contribution in [3.05, 3.63) is 0 Å². The van der Waals surface area contributed by atoms with Crippen LogP contribution in [0, 0.1) is 11.8 Å². The van der Waals surface area contributed by atoms with Gasteiger partial charge in [0, 0.05) is 52.4 Å². The minimum Gasteiger partial charge on any atom is -0.379 e. The van der Waals surface area contributed by atoms with E-state index >= 15 is 0 Å². The number of hydrogen-bond acceptors (Lipinski definition) is 5. The minimum absolute atomic E-state index is 0.141. The van der Waals surface area contributed by atoms with Gasteiger partial charge in [-0.1, -0.05) is 27.7 Å². The molecule has 0 radical (unpaired) electrons. The Morgan fingerprint density at radius 1 is 0.889 bits per heavy atom. The summed E-state index contributed by atoms with van der Waals surface area (Å²) in [4.78, 5) is 16.8. The zero-order chi connectivity index (χ0) is 20.0. The molecule has 0 aromatic carbocycles. The summed E-state index contributed by atoms with van der Waals surface area (Å²) < 4.78 is 33.7. The van der Waals surface area contributed by atoms with Gasteiger partial charge in [-0.25, -0.2) is 0 Å². The van der Waals surface area contributed by atoms with Gasteiger partial charge in [0.1, 0.15) is 0 Å². The lowest BCUT2D eigenvalue weighted by Gasteiger charge is -2.38. The van der Waals surface area contributed by atoms with Crippen molar-refractivity contribution in [1.82, 2.24) is 18.4 Å². The molecule has 0 aromatic heterocycles. The summed E-state index contributed by atoms with van der Waals surface area (Å²) in [5, 5.41) is 0. The molecule has 2 heterocycles. The Hall–Kier alpha value is -0.740. The summed E-state index contributed by atoms with van der Waals surface area (Å²) in [6.45, 7) is 14.2. The summed E-state index contributed by atoms with van der Waals surface area (Å²) in [5.41, 5.74) is 0. The Kier molecular flexibility index (Phi) is 8.48. The number of carbonyl (C=O) groups is 1. The van der Waals surface area contributed by atoms with Gasteiger partial charge in [0.05, 0.1) is 19.8 Å². The predicted octanol–water partition coefficient (Wildman–Crippen LogP) is 0.322. The largest absolute Gasteiger partial charge is 0.379 e. The number of rotatable bonds is 8. The molecule has 2 aliphatic heterocycles. The van der Waals surface area contributed by atoms with Crippen LogP contribution in [-0.2, 0) is 19.7 Å². The van der Waals surface area contributed by atoms with E-state index in [1.165, 1.54) is 4.31 Å². The van der Waals surface area contributed by atoms with Crippen LogP contribution in [0.1, 0.15) is 27.7 Å². The summed E-state index contributed by atoms with van der Waals surface area (Å²) in [7, 11) is -3.42. The van der Waals surface area contributed by atoms with Gasteiger partial charge in [-0.3, -0.25) is 9.69 Å². The molecule has 1 amide bonds. The highest BCUT2D eigenvalue weighted by Gasteiger charge is 2.33. The van der Waals surface area contributed by atoms with E-state index in [0.29, 0.717) is 70.9 Å². The first-order chi connectivity index (χ1) is 12.7. The van der Waals surface area contributed by atoms with Crippen LogP contribution in [0.4, 0.5) is 0 Å². The molecular weight excluding hydrogens is 368 g/mol. The van der Waals surface area contributed by atoms with E-state index in [-0.39, 0.29) is 5.91 Å². The third-order valence-corrected chi connectivity index (χ3v) is 6.87. The Labute approximate surface area is 164 Å². The van der Waals surface area contributed by atoms with Crippen LogP contribution in [-0.4, -0.2) is 105 Å². The molecule has 0 saturated carbocycles. The van der Waals surface area contributed by atoms with Gasteiger partial charge in [-0.05, 0) is 11.8 Å². The molecule has 0 N–H and O–H groups in total. The maximum absolute atomic E-state index is 12.7. The number of ether oxygens (including phenoxy) is 1. The lowest BCUT2D eigenvalue weighted by Crippen LogP contribution is -2.56. The van der Waals surface area contributed by atoms with Gasteiger partial charge in [0.15, 0.2) is 0 Å². The number of amides is 1. The highest BCUT2D eigenvalue weighted by Crippen LogP contribution is 2.14. The fraction of sp³-hybridized carbons (Fsp3) is 0.944. The van der Waals surface area contributed by atoms with Crippen molar-refractivity contribution in [2.45, 2.75) is 27.7 Å². The number of hydrogen-bond donors (Lipinski definition) is 0. The van der Waals surface area contributed by atoms with E-state index in [4.69, 9.17) is 4.74 Å². The van der Waals surface area contributed by atoms with E-state index in [9.17, 15) is 13.2 Å². The maximum Gasteiger partial charge on any atom is 0.282 e. The predicted molar refractivity (Wildman–Crippen MR) is 106 cm³/mol. The SMILES string of the molecule is CC(C)CN(CC(C)C)C(=O)CN1CCN(S(=O)(=O)N2CCOCC2)CC1. The zero-order valence-corrected chi connectivity index (χ0v) is 18.1. The second-order valence-electron chi connectivity index (χ2n) is 8.28. The van der Waals surface area contributed by atoms with Gasteiger partial charge >= 0.3 is 0 Å². The van der Waals surface area contributed by atoms with Crippen LogP contribution in [0.5, 0.6) is 0 Å². The van der Waals surface area contributed by atoms with Crippen LogP contribution >= 0.6 is 0 Å². The van der Waals surface area contributed by atoms with Crippen molar-refractivity contribution in [3.63, 3.8) is 0 Å². The third-order valence-electron chi connectivity index (χ3n) is 4.84. The summed E-state index contributed by atoms with van der Waals surface area (Å²) >= 11 is 0. The van der Waals surface area contributed by atoms with Gasteiger partial charge in [-0.2, -0.15) is 17.0 Å². The second kappa shape index (κ2) is 10.2. The first-order valence-electron chi connectivity index (χ1n) is 10.0. The fourth-order valence-electron chi connectivity index (χ4n) is 3.51. The molecule has 2 rings (SSSR count). The van der Waals surface area contributed by atoms with Crippen molar-refractivity contribution < 1.29 is 17.9 Å². The molecule has 0 bridgehead atoms. The summed E-state index contributed by atoms with van der Waals surface area (Å²) in [5.74, 6) is 1.01.